The fourth-order valence-corrected chi connectivity index (χ4v) is 4.54. The number of carbonyl (C=O) groups is 1. The van der Waals surface area contributed by atoms with Gasteiger partial charge in [-0.3, -0.25) is 10.0 Å². The van der Waals surface area contributed by atoms with Gasteiger partial charge in [-0.25, -0.2) is 13.2 Å². The SMILES string of the molecule is Cn1cc(-c2cc(F)c(F)cc2F)c2cc(N(O)S(=O)(=O)c3ccc(C(N)=O)cc3)ccc21. The predicted molar refractivity (Wildman–Crippen MR) is 115 cm³/mol. The van der Waals surface area contributed by atoms with E-state index in [9.17, 15) is 31.6 Å². The first-order valence-electron chi connectivity index (χ1n) is 9.39. The van der Waals surface area contributed by atoms with E-state index in [0.717, 1.165) is 12.1 Å². The number of aromatic nitrogens is 1. The summed E-state index contributed by atoms with van der Waals surface area (Å²) in [5, 5.41) is 10.8. The Bertz CT molecular complexity index is 1520. The maximum absolute atomic E-state index is 14.4. The summed E-state index contributed by atoms with van der Waals surface area (Å²) in [5.41, 5.74) is 5.51. The minimum Gasteiger partial charge on any atom is -0.366 e. The lowest BCUT2D eigenvalue weighted by atomic mass is 10.0. The van der Waals surface area contributed by atoms with Crippen LogP contribution in [0.15, 0.2) is 65.7 Å². The summed E-state index contributed by atoms with van der Waals surface area (Å²) in [5.74, 6) is -4.33. The zero-order valence-electron chi connectivity index (χ0n) is 17.0. The molecule has 170 valence electrons. The molecule has 0 aliphatic carbocycles. The summed E-state index contributed by atoms with van der Waals surface area (Å²) < 4.78 is 68.9. The quantitative estimate of drug-likeness (QED) is 0.337. The molecule has 0 radical (unpaired) electrons. The van der Waals surface area contributed by atoms with Crippen LogP contribution in [0, 0.1) is 17.5 Å². The average Bonchev–Trinajstić information content (AvgIpc) is 3.11. The Morgan fingerprint density at radius 3 is 2.21 bits per heavy atom. The number of anilines is 1. The normalized spacial score (nSPS) is 11.7. The van der Waals surface area contributed by atoms with Gasteiger partial charge in [0.25, 0.3) is 10.0 Å². The predicted octanol–water partition coefficient (Wildman–Crippen LogP) is 3.95. The second-order valence-corrected chi connectivity index (χ2v) is 9.01. The first-order valence-corrected chi connectivity index (χ1v) is 10.8. The molecule has 33 heavy (non-hydrogen) atoms. The van der Waals surface area contributed by atoms with Gasteiger partial charge in [0, 0.05) is 46.9 Å². The van der Waals surface area contributed by atoms with Crippen molar-refractivity contribution in [1.82, 2.24) is 4.57 Å². The number of nitrogens with two attached hydrogens (primary N) is 1. The topological polar surface area (TPSA) is 106 Å². The zero-order chi connectivity index (χ0) is 24.1. The third-order valence-electron chi connectivity index (χ3n) is 5.16. The Kier molecular flexibility index (Phi) is 5.38. The van der Waals surface area contributed by atoms with Crippen molar-refractivity contribution in [2.24, 2.45) is 12.8 Å². The summed E-state index contributed by atoms with van der Waals surface area (Å²) >= 11 is 0. The molecular formula is C22H16F3N3O4S. The first kappa shape index (κ1) is 22.4. The van der Waals surface area contributed by atoms with Crippen LogP contribution in [0.1, 0.15) is 10.4 Å². The molecule has 0 spiro atoms. The van der Waals surface area contributed by atoms with Crippen molar-refractivity contribution in [3.8, 4) is 11.1 Å². The number of rotatable bonds is 5. The van der Waals surface area contributed by atoms with Crippen molar-refractivity contribution in [1.29, 1.82) is 0 Å². The van der Waals surface area contributed by atoms with Crippen LogP contribution in [-0.4, -0.2) is 24.1 Å². The van der Waals surface area contributed by atoms with Crippen LogP contribution in [0.3, 0.4) is 0 Å². The van der Waals surface area contributed by atoms with E-state index >= 15 is 0 Å². The highest BCUT2D eigenvalue weighted by Gasteiger charge is 2.25. The molecule has 0 fully saturated rings. The van der Waals surface area contributed by atoms with Crippen molar-refractivity contribution < 1.29 is 31.6 Å². The molecule has 1 amide bonds. The van der Waals surface area contributed by atoms with E-state index in [4.69, 9.17) is 5.73 Å². The fourth-order valence-electron chi connectivity index (χ4n) is 3.47. The smallest absolute Gasteiger partial charge is 0.286 e. The van der Waals surface area contributed by atoms with Gasteiger partial charge in [0.05, 0.1) is 10.6 Å². The maximum Gasteiger partial charge on any atom is 0.286 e. The minimum atomic E-state index is -4.45. The van der Waals surface area contributed by atoms with Gasteiger partial charge < -0.3 is 10.3 Å². The van der Waals surface area contributed by atoms with Crippen LogP contribution in [0.25, 0.3) is 22.0 Å². The van der Waals surface area contributed by atoms with E-state index in [-0.39, 0.29) is 31.7 Å². The molecule has 0 saturated heterocycles. The van der Waals surface area contributed by atoms with Crippen LogP contribution in [0.5, 0.6) is 0 Å². The summed E-state index contributed by atoms with van der Waals surface area (Å²) in [6, 6.07) is 9.85. The Balaban J connectivity index is 1.82. The number of benzene rings is 3. The third kappa shape index (κ3) is 3.81. The Labute approximate surface area is 186 Å². The number of carbonyl (C=O) groups excluding carboxylic acids is 1. The first-order chi connectivity index (χ1) is 15.5. The maximum atomic E-state index is 14.4. The van der Waals surface area contributed by atoms with Gasteiger partial charge in [0.15, 0.2) is 11.6 Å². The number of hydrogen-bond acceptors (Lipinski definition) is 4. The lowest BCUT2D eigenvalue weighted by Crippen LogP contribution is -2.27. The highest BCUT2D eigenvalue weighted by atomic mass is 32.2. The van der Waals surface area contributed by atoms with Crippen LogP contribution < -0.4 is 10.2 Å². The standard InChI is InChI=1S/C22H16F3N3O4S/c1-27-11-17(15-9-19(24)20(25)10-18(15)23)16-8-13(4-7-21(16)27)28(30)33(31,32)14-5-2-12(3-6-14)22(26)29/h2-11,30H,1H3,(H2,26,29). The highest BCUT2D eigenvalue weighted by molar-refractivity contribution is 7.92. The second-order valence-electron chi connectivity index (χ2n) is 7.24. The summed E-state index contributed by atoms with van der Waals surface area (Å²) in [6.45, 7) is 0. The lowest BCUT2D eigenvalue weighted by Gasteiger charge is -2.17. The number of aryl methyl sites for hydroxylation is 1. The Morgan fingerprint density at radius 2 is 1.58 bits per heavy atom. The second kappa shape index (κ2) is 7.94. The number of sulfonamides is 1. The van der Waals surface area contributed by atoms with Gasteiger partial charge in [0.2, 0.25) is 5.91 Å². The van der Waals surface area contributed by atoms with Gasteiger partial charge in [-0.1, -0.05) is 0 Å². The molecule has 4 aromatic rings. The Hall–Kier alpha value is -3.83. The summed E-state index contributed by atoms with van der Waals surface area (Å²) in [6.07, 6.45) is 1.48. The molecule has 0 unspecified atom stereocenters. The van der Waals surface area contributed by atoms with Crippen molar-refractivity contribution in [2.75, 3.05) is 4.47 Å². The molecular weight excluding hydrogens is 459 g/mol. The summed E-state index contributed by atoms with van der Waals surface area (Å²) in [7, 11) is -2.81. The molecule has 7 nitrogen and oxygen atoms in total. The molecule has 3 aromatic carbocycles. The van der Waals surface area contributed by atoms with Crippen LogP contribution in [-0.2, 0) is 17.1 Å². The number of fused-ring (bicyclic) bond motifs is 1. The summed E-state index contributed by atoms with van der Waals surface area (Å²) in [4.78, 5) is 10.9. The van der Waals surface area contributed by atoms with Crippen molar-refractivity contribution in [3.05, 3.63) is 83.8 Å². The highest BCUT2D eigenvalue weighted by Crippen LogP contribution is 2.36. The average molecular weight is 475 g/mol. The molecule has 0 saturated carbocycles. The van der Waals surface area contributed by atoms with E-state index < -0.39 is 33.4 Å². The number of halogens is 3. The molecule has 0 aliphatic heterocycles. The van der Waals surface area contributed by atoms with Crippen LogP contribution in [0.4, 0.5) is 18.9 Å². The third-order valence-corrected chi connectivity index (χ3v) is 6.69. The van der Waals surface area contributed by atoms with Crippen molar-refractivity contribution in [3.63, 3.8) is 0 Å². The van der Waals surface area contributed by atoms with Crippen molar-refractivity contribution >= 4 is 32.5 Å². The largest absolute Gasteiger partial charge is 0.366 e. The van der Waals surface area contributed by atoms with E-state index in [1.807, 2.05) is 0 Å². The lowest BCUT2D eigenvalue weighted by molar-refractivity contribution is 0.1000. The number of primary amides is 1. The molecule has 1 aromatic heterocycles. The van der Waals surface area contributed by atoms with E-state index in [1.165, 1.54) is 36.5 Å². The molecule has 4 rings (SSSR count). The molecule has 0 aliphatic rings. The van der Waals surface area contributed by atoms with Gasteiger partial charge in [0.1, 0.15) is 5.82 Å². The number of hydrogen-bond donors (Lipinski definition) is 2. The Morgan fingerprint density at radius 1 is 0.939 bits per heavy atom. The molecule has 1 heterocycles. The van der Waals surface area contributed by atoms with Crippen LogP contribution in [0.2, 0.25) is 0 Å². The molecule has 0 atom stereocenters. The van der Waals surface area contributed by atoms with E-state index in [1.54, 1.807) is 11.6 Å². The van der Waals surface area contributed by atoms with Gasteiger partial charge >= 0.3 is 0 Å². The van der Waals surface area contributed by atoms with Crippen molar-refractivity contribution in [2.45, 2.75) is 4.90 Å². The van der Waals surface area contributed by atoms with Crippen LogP contribution >= 0.6 is 0 Å². The number of amides is 1. The molecule has 0 bridgehead atoms. The molecule has 11 heteroatoms. The fraction of sp³-hybridized carbons (Fsp3) is 0.0455. The minimum absolute atomic E-state index is 0.0318. The van der Waals surface area contributed by atoms with Gasteiger partial charge in [-0.15, -0.1) is 4.47 Å². The molecule has 3 N–H and O–H groups in total. The monoisotopic (exact) mass is 475 g/mol. The number of nitrogens with zero attached hydrogens (tertiary/aromatic N) is 2. The van der Waals surface area contributed by atoms with Gasteiger partial charge in [-0.05, 0) is 48.5 Å². The zero-order valence-corrected chi connectivity index (χ0v) is 17.8. The van der Waals surface area contributed by atoms with E-state index in [0.29, 0.717) is 23.0 Å². The van der Waals surface area contributed by atoms with Gasteiger partial charge in [-0.2, -0.15) is 8.42 Å². The van der Waals surface area contributed by atoms with E-state index in [2.05, 4.69) is 0 Å².